The summed E-state index contributed by atoms with van der Waals surface area (Å²) in [4.78, 5) is 2.95. The average molecular weight is 770 g/mol. The van der Waals surface area contributed by atoms with Crippen molar-refractivity contribution >= 4 is 123 Å². The van der Waals surface area contributed by atoms with Crippen molar-refractivity contribution in [2.24, 2.45) is 0 Å². The minimum Gasteiger partial charge on any atom is -0.870 e. The Kier molecular flexibility index (Phi) is 13.2. The second-order valence-electron chi connectivity index (χ2n) is 9.00. The van der Waals surface area contributed by atoms with Gasteiger partial charge >= 0.3 is 0 Å². The molecule has 0 atom stereocenters. The first-order valence-electron chi connectivity index (χ1n) is 12.1. The van der Waals surface area contributed by atoms with Gasteiger partial charge in [-0.3, -0.25) is 9.11 Å². The van der Waals surface area contributed by atoms with Gasteiger partial charge in [0, 0.05) is 35.2 Å². The molecule has 0 aliphatic carbocycles. The zero-order chi connectivity index (χ0) is 30.7. The molecule has 0 unspecified atom stereocenters. The summed E-state index contributed by atoms with van der Waals surface area (Å²) in [6.07, 6.45) is 4.46. The van der Waals surface area contributed by atoms with E-state index in [1.807, 2.05) is 33.7 Å². The molecule has 2 aliphatic heterocycles. The zero-order valence-corrected chi connectivity index (χ0v) is 29.0. The topological polar surface area (TPSA) is 158 Å². The van der Waals surface area contributed by atoms with Crippen LogP contribution in [0.25, 0.3) is 16.3 Å². The summed E-state index contributed by atoms with van der Waals surface area (Å²) in [5.74, 6) is 0.246. The fourth-order valence-corrected chi connectivity index (χ4v) is 8.74. The summed E-state index contributed by atoms with van der Waals surface area (Å²) in [6.45, 7) is 1.00. The maximum atomic E-state index is 11.1. The van der Waals surface area contributed by atoms with Gasteiger partial charge in [0.1, 0.15) is 4.70 Å². The first-order chi connectivity index (χ1) is 19.7. The maximum absolute atomic E-state index is 11.1. The van der Waals surface area contributed by atoms with Crippen LogP contribution in [-0.4, -0.2) is 60.2 Å². The van der Waals surface area contributed by atoms with E-state index in [0.29, 0.717) is 38.9 Å². The van der Waals surface area contributed by atoms with Crippen molar-refractivity contribution in [1.82, 2.24) is 4.90 Å². The highest BCUT2D eigenvalue weighted by Gasteiger charge is 2.24. The van der Waals surface area contributed by atoms with Crippen LogP contribution in [0, 0.1) is 0 Å². The molecule has 0 fully saturated rings. The van der Waals surface area contributed by atoms with Gasteiger partial charge in [-0.1, -0.05) is 81.3 Å². The summed E-state index contributed by atoms with van der Waals surface area (Å²) in [5, 5.41) is 6.74. The molecule has 19 heteroatoms. The lowest BCUT2D eigenvalue weighted by Gasteiger charge is -2.12. The number of thioether (sulfide) groups is 2. The van der Waals surface area contributed by atoms with Crippen LogP contribution in [0.1, 0.15) is 17.8 Å². The molecule has 236 valence electrons. The molecule has 0 amide bonds. The van der Waals surface area contributed by atoms with Gasteiger partial charge in [0.25, 0.3) is 25.2 Å². The van der Waals surface area contributed by atoms with Gasteiger partial charge < -0.3 is 15.7 Å². The van der Waals surface area contributed by atoms with Crippen LogP contribution in [-0.2, 0) is 26.8 Å². The van der Waals surface area contributed by atoms with Gasteiger partial charge in [-0.05, 0) is 30.7 Å². The molecule has 0 spiro atoms. The smallest absolute Gasteiger partial charge is 0.265 e. The Balaban J connectivity index is 0.000000306. The fraction of sp³-hybridized carbons (Fsp3) is 0.292. The highest BCUT2D eigenvalue weighted by molar-refractivity contribution is 8.04. The summed E-state index contributed by atoms with van der Waals surface area (Å²) in [6, 6.07) is 9.23. The molecular formula is C24H25Cl4N3O7S5. The Hall–Kier alpha value is -0.950. The van der Waals surface area contributed by atoms with E-state index in [2.05, 4.69) is 5.32 Å². The molecule has 0 saturated carbocycles. The number of nitrogens with zero attached hydrogens (tertiary/aromatic N) is 2. The van der Waals surface area contributed by atoms with Crippen LogP contribution < -0.4 is 9.88 Å². The number of aryl methyl sites for hydroxylation is 1. The zero-order valence-electron chi connectivity index (χ0n) is 21.9. The summed E-state index contributed by atoms with van der Waals surface area (Å²) >= 11 is 28.7. The number of halogens is 4. The molecule has 4 N–H and O–H groups in total. The van der Waals surface area contributed by atoms with Gasteiger partial charge in [-0.2, -0.15) is 21.4 Å². The molecule has 5 rings (SSSR count). The molecular weight excluding hydrogens is 744 g/mol. The van der Waals surface area contributed by atoms with E-state index in [1.54, 1.807) is 30.1 Å². The summed E-state index contributed by atoms with van der Waals surface area (Å²) < 4.78 is 64.1. The van der Waals surface area contributed by atoms with Crippen LogP contribution in [0.4, 0.5) is 5.69 Å². The molecule has 2 aliphatic rings. The lowest BCUT2D eigenvalue weighted by molar-refractivity contribution is -0.668. The Morgan fingerprint density at radius 1 is 0.977 bits per heavy atom. The standard InChI is InChI=1S/C18H13Cl3N2O3S3.C6H10ClNO3S2.H2O/c19-10-2-3-13-15(6-10)27-17(22-13)9-18-23(4-1-5-29(24,25)26)14-7-11(20)12(21)8-16(14)28-18;7-6-4-8(5-12-6)2-1-3-13(9,10)11;/h2-3,6-9H,1,4-5H2,(H,24,25,26);4H,1-3,5H2,(H,9,10,11);1H2. The number of benzene rings is 2. The van der Waals surface area contributed by atoms with E-state index >= 15 is 0 Å². The van der Waals surface area contributed by atoms with Crippen LogP contribution in [0.5, 0.6) is 0 Å². The molecule has 0 bridgehead atoms. The van der Waals surface area contributed by atoms with Crippen LogP contribution >= 0.6 is 81.3 Å². The van der Waals surface area contributed by atoms with E-state index < -0.39 is 20.2 Å². The minimum atomic E-state index is -4.02. The Morgan fingerprint density at radius 3 is 2.30 bits per heavy atom. The van der Waals surface area contributed by atoms with Crippen molar-refractivity contribution in [3.63, 3.8) is 0 Å². The van der Waals surface area contributed by atoms with Gasteiger partial charge in [0.05, 0.1) is 48.6 Å². The van der Waals surface area contributed by atoms with Gasteiger partial charge in [0.2, 0.25) is 5.52 Å². The summed E-state index contributed by atoms with van der Waals surface area (Å²) in [7, 11) is -7.84. The van der Waals surface area contributed by atoms with Gasteiger partial charge in [0.15, 0.2) is 6.54 Å². The predicted octanol–water partition coefficient (Wildman–Crippen LogP) is 7.07. The Bertz CT molecular complexity index is 1770. The monoisotopic (exact) mass is 767 g/mol. The molecule has 1 aromatic heterocycles. The molecule has 3 heterocycles. The normalized spacial score (nSPS) is 15.5. The van der Waals surface area contributed by atoms with Crippen LogP contribution in [0.2, 0.25) is 15.1 Å². The van der Waals surface area contributed by atoms with Crippen molar-refractivity contribution in [3.05, 3.63) is 66.0 Å². The van der Waals surface area contributed by atoms with E-state index in [1.165, 1.54) is 23.1 Å². The SMILES string of the molecule is O=S(=O)(O)CCCN1C=C(Cl)SC1.O=S(=O)(O)CCC[n+]1c(C=C2Nc3ccc(Cl)cc3S2)sc2cc(Cl)c(Cl)cc21.[OH-]. The highest BCUT2D eigenvalue weighted by Crippen LogP contribution is 2.43. The van der Waals surface area contributed by atoms with E-state index in [9.17, 15) is 16.8 Å². The first kappa shape index (κ1) is 36.5. The number of thiazole rings is 1. The third-order valence-electron chi connectivity index (χ3n) is 5.73. The number of rotatable bonds is 9. The third-order valence-corrected chi connectivity index (χ3v) is 11.7. The lowest BCUT2D eigenvalue weighted by Crippen LogP contribution is -2.36. The van der Waals surface area contributed by atoms with Gasteiger partial charge in [-0.25, -0.2) is 0 Å². The lowest BCUT2D eigenvalue weighted by atomic mass is 10.3. The maximum Gasteiger partial charge on any atom is 0.265 e. The number of hydrogen-bond donors (Lipinski definition) is 3. The van der Waals surface area contributed by atoms with Crippen LogP contribution in [0.3, 0.4) is 0 Å². The largest absolute Gasteiger partial charge is 0.870 e. The average Bonchev–Trinajstić information content (AvgIpc) is 3.55. The number of aromatic nitrogens is 1. The van der Waals surface area contributed by atoms with Crippen molar-refractivity contribution < 1.29 is 36.0 Å². The van der Waals surface area contributed by atoms with Crippen molar-refractivity contribution in [3.8, 4) is 0 Å². The van der Waals surface area contributed by atoms with Crippen molar-refractivity contribution in [1.29, 1.82) is 0 Å². The fourth-order valence-electron chi connectivity index (χ4n) is 3.92. The second-order valence-corrected chi connectivity index (χ2v) is 17.2. The quantitative estimate of drug-likeness (QED) is 0.151. The van der Waals surface area contributed by atoms with Crippen molar-refractivity contribution in [2.45, 2.75) is 24.3 Å². The highest BCUT2D eigenvalue weighted by atomic mass is 35.5. The Morgan fingerprint density at radius 2 is 1.65 bits per heavy atom. The van der Waals surface area contributed by atoms with E-state index in [4.69, 9.17) is 55.5 Å². The third kappa shape index (κ3) is 11.1. The minimum absolute atomic E-state index is 0. The van der Waals surface area contributed by atoms with Crippen LogP contribution in [0.15, 0.2) is 50.8 Å². The molecule has 10 nitrogen and oxygen atoms in total. The predicted molar refractivity (Wildman–Crippen MR) is 178 cm³/mol. The molecule has 0 saturated heterocycles. The van der Waals surface area contributed by atoms with E-state index in [0.717, 1.165) is 36.7 Å². The summed E-state index contributed by atoms with van der Waals surface area (Å²) in [5.41, 5.74) is 1.84. The number of hydrogen-bond acceptors (Lipinski definition) is 10. The van der Waals surface area contributed by atoms with E-state index in [-0.39, 0.29) is 23.4 Å². The first-order valence-corrected chi connectivity index (χ1v) is 19.4. The Labute approximate surface area is 281 Å². The molecule has 0 radical (unpaired) electrons. The number of fused-ring (bicyclic) bond motifs is 2. The number of nitrogens with one attached hydrogen (secondary N) is 1. The molecule has 2 aromatic carbocycles. The van der Waals surface area contributed by atoms with Gasteiger partial charge in [-0.15, -0.1) is 0 Å². The molecule has 43 heavy (non-hydrogen) atoms. The number of anilines is 1. The molecule has 3 aromatic rings. The van der Waals surface area contributed by atoms with Crippen molar-refractivity contribution in [2.75, 3.05) is 29.2 Å². The second kappa shape index (κ2) is 15.6.